The predicted octanol–water partition coefficient (Wildman–Crippen LogP) is 2.75. The van der Waals surface area contributed by atoms with Gasteiger partial charge >= 0.3 is 0 Å². The Kier molecular flexibility index (Phi) is 4.01. The average molecular weight is 386 g/mol. The van der Waals surface area contributed by atoms with Crippen molar-refractivity contribution in [2.45, 2.75) is 13.8 Å². The maximum Gasteiger partial charge on any atom is 0.287 e. The zero-order valence-electron chi connectivity index (χ0n) is 15.5. The Morgan fingerprint density at radius 3 is 2.62 bits per heavy atom. The molecule has 2 N–H and O–H groups in total. The summed E-state index contributed by atoms with van der Waals surface area (Å²) in [6.07, 6.45) is 0. The highest BCUT2D eigenvalue weighted by Crippen LogP contribution is 2.28. The quantitative estimate of drug-likeness (QED) is 0.414. The minimum absolute atomic E-state index is 0.0127. The molecule has 0 spiro atoms. The maximum absolute atomic E-state index is 13.1. The summed E-state index contributed by atoms with van der Waals surface area (Å²) in [4.78, 5) is 37.9. The van der Waals surface area contributed by atoms with Crippen LogP contribution in [0.1, 0.15) is 38.8 Å². The molecule has 2 heterocycles. The van der Waals surface area contributed by atoms with E-state index < -0.39 is 11.5 Å². The van der Waals surface area contributed by atoms with Crippen molar-refractivity contribution in [2.24, 2.45) is 0 Å². The van der Waals surface area contributed by atoms with Gasteiger partial charge in [0.15, 0.2) is 5.78 Å². The van der Waals surface area contributed by atoms with Crippen LogP contribution in [0, 0.1) is 18.3 Å². The molecule has 0 aromatic heterocycles. The van der Waals surface area contributed by atoms with Crippen LogP contribution in [-0.4, -0.2) is 21.5 Å². The van der Waals surface area contributed by atoms with E-state index in [1.165, 1.54) is 19.9 Å². The number of rotatable bonds is 2. The lowest BCUT2D eigenvalue weighted by Gasteiger charge is -2.12. The third-order valence-electron chi connectivity index (χ3n) is 4.76. The minimum Gasteiger partial charge on any atom is -0.436 e. The van der Waals surface area contributed by atoms with Gasteiger partial charge in [-0.2, -0.15) is 9.94 Å². The van der Waals surface area contributed by atoms with Crippen molar-refractivity contribution < 1.29 is 14.0 Å². The lowest BCUT2D eigenvalue weighted by molar-refractivity contribution is 0.0941. The molecular weight excluding hydrogens is 372 g/mol. The van der Waals surface area contributed by atoms with Crippen LogP contribution in [0.3, 0.4) is 0 Å². The number of anilines is 1. The topological polar surface area (TPSA) is 132 Å². The molecule has 2 aliphatic rings. The lowest BCUT2D eigenvalue weighted by atomic mass is 9.93. The summed E-state index contributed by atoms with van der Waals surface area (Å²) >= 11 is 0. The molecule has 0 amide bonds. The first kappa shape index (κ1) is 18.1. The summed E-state index contributed by atoms with van der Waals surface area (Å²) in [6, 6.07) is 11.8. The van der Waals surface area contributed by atoms with E-state index in [1.807, 2.05) is 6.07 Å². The second-order valence-electron chi connectivity index (χ2n) is 6.58. The van der Waals surface area contributed by atoms with Crippen LogP contribution in [0.2, 0.25) is 0 Å². The second kappa shape index (κ2) is 6.42. The minimum atomic E-state index is -0.799. The SMILES string of the molecule is CC(=O)c1c(C#N)cc(N)c(C(=O)n2nc3oc4ccccc4cc-3c2=O)c1C. The molecule has 0 fully saturated rings. The zero-order chi connectivity index (χ0) is 20.9. The first-order valence-electron chi connectivity index (χ1n) is 8.64. The van der Waals surface area contributed by atoms with Crippen molar-refractivity contribution in [1.82, 2.24) is 9.78 Å². The predicted molar refractivity (Wildman–Crippen MR) is 105 cm³/mol. The van der Waals surface area contributed by atoms with E-state index in [0.717, 1.165) is 0 Å². The number of carbonyl (C=O) groups excluding carboxylic acids is 2. The third-order valence-corrected chi connectivity index (χ3v) is 4.76. The molecule has 0 unspecified atom stereocenters. The van der Waals surface area contributed by atoms with Crippen molar-refractivity contribution in [3.63, 3.8) is 0 Å². The number of hydrogen-bond donors (Lipinski definition) is 1. The number of carbonyl (C=O) groups is 2. The fourth-order valence-electron chi connectivity index (χ4n) is 3.46. The Morgan fingerprint density at radius 2 is 1.93 bits per heavy atom. The second-order valence-corrected chi connectivity index (χ2v) is 6.58. The number of benzene rings is 2. The van der Waals surface area contributed by atoms with Gasteiger partial charge in [-0.3, -0.25) is 14.4 Å². The average Bonchev–Trinajstić information content (AvgIpc) is 3.01. The number of nitrogens with zero attached hydrogens (tertiary/aromatic N) is 3. The molecule has 142 valence electrons. The van der Waals surface area contributed by atoms with Gasteiger partial charge in [-0.15, -0.1) is 5.10 Å². The van der Waals surface area contributed by atoms with E-state index in [-0.39, 0.29) is 45.2 Å². The molecule has 4 rings (SSSR count). The number of para-hydroxylation sites is 1. The first-order chi connectivity index (χ1) is 13.8. The lowest BCUT2D eigenvalue weighted by Crippen LogP contribution is -2.27. The molecule has 0 bridgehead atoms. The molecular formula is C21H14N4O4. The third kappa shape index (κ3) is 2.68. The fraction of sp³-hybridized carbons (Fsp3) is 0.0952. The number of hydrogen-bond acceptors (Lipinski definition) is 7. The Labute approximate surface area is 164 Å². The van der Waals surface area contributed by atoms with Crippen molar-refractivity contribution in [1.29, 1.82) is 5.26 Å². The van der Waals surface area contributed by atoms with Gasteiger partial charge in [0.2, 0.25) is 5.89 Å². The van der Waals surface area contributed by atoms with Crippen LogP contribution in [0.5, 0.6) is 0 Å². The summed E-state index contributed by atoms with van der Waals surface area (Å²) in [5, 5.41) is 14.0. The van der Waals surface area contributed by atoms with Gasteiger partial charge in [0, 0.05) is 16.6 Å². The smallest absolute Gasteiger partial charge is 0.287 e. The molecule has 0 atom stereocenters. The number of ketones is 1. The summed E-state index contributed by atoms with van der Waals surface area (Å²) in [5.74, 6) is -1.17. The standard InChI is InChI=1S/C21H14N4O4/c1-10-17(11(2)26)13(9-22)8-15(23)18(10)21(28)25-20(27)14-7-12-5-3-4-6-16(12)29-19(14)24-25/h3-8H,23H2,1-2H3. The first-order valence-corrected chi connectivity index (χ1v) is 8.64. The van der Waals surface area contributed by atoms with Gasteiger partial charge in [0.25, 0.3) is 11.5 Å². The van der Waals surface area contributed by atoms with Crippen LogP contribution in [-0.2, 0) is 0 Å². The van der Waals surface area contributed by atoms with E-state index in [2.05, 4.69) is 5.10 Å². The van der Waals surface area contributed by atoms with Crippen LogP contribution in [0.15, 0.2) is 45.6 Å². The van der Waals surface area contributed by atoms with E-state index >= 15 is 0 Å². The number of nitriles is 1. The molecule has 0 saturated heterocycles. The van der Waals surface area contributed by atoms with E-state index in [1.54, 1.807) is 30.3 Å². The van der Waals surface area contributed by atoms with Crippen LogP contribution in [0.25, 0.3) is 22.4 Å². The van der Waals surface area contributed by atoms with E-state index in [4.69, 9.17) is 10.2 Å². The molecule has 2 aromatic carbocycles. The number of Topliss-reactive ketones (excluding diaryl/α,β-unsaturated/α-hetero) is 1. The van der Waals surface area contributed by atoms with Crippen molar-refractivity contribution in [3.05, 3.63) is 69.0 Å². The van der Waals surface area contributed by atoms with Crippen molar-refractivity contribution >= 4 is 28.3 Å². The summed E-state index contributed by atoms with van der Waals surface area (Å²) in [6.45, 7) is 2.80. The molecule has 2 aliphatic heterocycles. The Balaban J connectivity index is 1.96. The molecule has 0 saturated carbocycles. The van der Waals surface area contributed by atoms with Gasteiger partial charge in [0.05, 0.1) is 17.2 Å². The number of fused-ring (bicyclic) bond motifs is 2. The monoisotopic (exact) mass is 386 g/mol. The summed E-state index contributed by atoms with van der Waals surface area (Å²) in [5.41, 5.74) is 6.29. The number of nitrogen functional groups attached to an aromatic ring is 1. The highest BCUT2D eigenvalue weighted by molar-refractivity contribution is 6.07. The summed E-state index contributed by atoms with van der Waals surface area (Å²) < 4.78 is 6.31. The molecule has 0 radical (unpaired) electrons. The Hall–Kier alpha value is -4.25. The van der Waals surface area contributed by atoms with Gasteiger partial charge in [-0.1, -0.05) is 18.2 Å². The zero-order valence-corrected chi connectivity index (χ0v) is 15.5. The van der Waals surface area contributed by atoms with Gasteiger partial charge < -0.3 is 10.2 Å². The van der Waals surface area contributed by atoms with E-state index in [0.29, 0.717) is 15.7 Å². The molecule has 8 heteroatoms. The normalized spacial score (nSPS) is 10.9. The van der Waals surface area contributed by atoms with E-state index in [9.17, 15) is 19.6 Å². The van der Waals surface area contributed by atoms with Crippen LogP contribution in [0.4, 0.5) is 5.69 Å². The van der Waals surface area contributed by atoms with Crippen LogP contribution >= 0.6 is 0 Å². The van der Waals surface area contributed by atoms with Gasteiger partial charge in [0.1, 0.15) is 11.1 Å². The maximum atomic E-state index is 13.1. The highest BCUT2D eigenvalue weighted by atomic mass is 16.3. The largest absolute Gasteiger partial charge is 0.436 e. The Bertz CT molecular complexity index is 1400. The molecule has 2 aromatic rings. The van der Waals surface area contributed by atoms with Gasteiger partial charge in [-0.05, 0) is 37.6 Å². The molecule has 8 nitrogen and oxygen atoms in total. The number of aromatic nitrogens is 2. The van der Waals surface area contributed by atoms with Crippen LogP contribution < -0.4 is 11.3 Å². The fourth-order valence-corrected chi connectivity index (χ4v) is 3.46. The molecule has 0 aliphatic carbocycles. The highest BCUT2D eigenvalue weighted by Gasteiger charge is 2.27. The Morgan fingerprint density at radius 1 is 1.21 bits per heavy atom. The van der Waals surface area contributed by atoms with Crippen molar-refractivity contribution in [2.75, 3.05) is 5.73 Å². The van der Waals surface area contributed by atoms with Crippen molar-refractivity contribution in [3.8, 4) is 17.5 Å². The summed E-state index contributed by atoms with van der Waals surface area (Å²) in [7, 11) is 0. The number of nitrogens with two attached hydrogens (primary N) is 1. The molecule has 29 heavy (non-hydrogen) atoms. The van der Waals surface area contributed by atoms with Gasteiger partial charge in [-0.25, -0.2) is 0 Å².